The third-order valence-corrected chi connectivity index (χ3v) is 2.84. The fourth-order valence-corrected chi connectivity index (χ4v) is 2.05. The standard InChI is InChI=1S/C12H14F3NO/c13-12(14,15)17-11-3-1-9(2-4-11)7-10-5-6-16-8-10/h1-4,10,16H,5-8H2. The third-order valence-electron chi connectivity index (χ3n) is 2.84. The molecule has 1 aromatic rings. The summed E-state index contributed by atoms with van der Waals surface area (Å²) >= 11 is 0. The van der Waals surface area contributed by atoms with Gasteiger partial charge >= 0.3 is 6.36 Å². The molecular weight excluding hydrogens is 231 g/mol. The van der Waals surface area contributed by atoms with Gasteiger partial charge in [-0.05, 0) is 49.5 Å². The third kappa shape index (κ3) is 3.93. The minimum Gasteiger partial charge on any atom is -0.406 e. The molecule has 1 aromatic carbocycles. The highest BCUT2D eigenvalue weighted by molar-refractivity contribution is 5.27. The molecule has 0 aliphatic carbocycles. The minimum absolute atomic E-state index is 0.161. The Labute approximate surface area is 97.8 Å². The van der Waals surface area contributed by atoms with E-state index in [2.05, 4.69) is 10.1 Å². The molecule has 1 N–H and O–H groups in total. The number of ether oxygens (including phenoxy) is 1. The molecule has 5 heteroatoms. The molecule has 1 unspecified atom stereocenters. The van der Waals surface area contributed by atoms with Crippen LogP contribution in [-0.4, -0.2) is 19.5 Å². The highest BCUT2D eigenvalue weighted by Gasteiger charge is 2.30. The first-order chi connectivity index (χ1) is 8.03. The fraction of sp³-hybridized carbons (Fsp3) is 0.500. The predicted octanol–water partition coefficient (Wildman–Crippen LogP) is 2.74. The number of hydrogen-bond acceptors (Lipinski definition) is 2. The number of alkyl halides is 3. The van der Waals surface area contributed by atoms with Crippen molar-refractivity contribution in [2.45, 2.75) is 19.2 Å². The zero-order valence-electron chi connectivity index (χ0n) is 9.26. The maximum absolute atomic E-state index is 11.9. The number of hydrogen-bond donors (Lipinski definition) is 1. The number of nitrogens with one attached hydrogen (secondary N) is 1. The summed E-state index contributed by atoms with van der Waals surface area (Å²) in [6.07, 6.45) is -2.59. The van der Waals surface area contributed by atoms with Crippen LogP contribution in [0.15, 0.2) is 24.3 Å². The second-order valence-corrected chi connectivity index (χ2v) is 4.25. The number of rotatable bonds is 3. The van der Waals surface area contributed by atoms with Crippen LogP contribution >= 0.6 is 0 Å². The van der Waals surface area contributed by atoms with E-state index >= 15 is 0 Å². The van der Waals surface area contributed by atoms with E-state index in [-0.39, 0.29) is 5.75 Å². The predicted molar refractivity (Wildman–Crippen MR) is 57.8 cm³/mol. The molecule has 1 aliphatic rings. The molecule has 1 heterocycles. The van der Waals surface area contributed by atoms with Crippen molar-refractivity contribution in [1.82, 2.24) is 5.32 Å². The highest BCUT2D eigenvalue weighted by atomic mass is 19.4. The van der Waals surface area contributed by atoms with E-state index in [1.165, 1.54) is 12.1 Å². The zero-order chi connectivity index (χ0) is 12.3. The first kappa shape index (κ1) is 12.2. The molecule has 1 atom stereocenters. The van der Waals surface area contributed by atoms with E-state index in [4.69, 9.17) is 0 Å². The first-order valence-corrected chi connectivity index (χ1v) is 5.58. The van der Waals surface area contributed by atoms with Crippen molar-refractivity contribution in [2.75, 3.05) is 13.1 Å². The number of halogens is 3. The summed E-state index contributed by atoms with van der Waals surface area (Å²) in [4.78, 5) is 0. The van der Waals surface area contributed by atoms with Gasteiger partial charge in [0.15, 0.2) is 0 Å². The van der Waals surface area contributed by atoms with Gasteiger partial charge in [0.1, 0.15) is 5.75 Å². The van der Waals surface area contributed by atoms with Crippen molar-refractivity contribution in [3.05, 3.63) is 29.8 Å². The summed E-state index contributed by atoms with van der Waals surface area (Å²) in [6, 6.07) is 6.12. The maximum Gasteiger partial charge on any atom is 0.573 e. The smallest absolute Gasteiger partial charge is 0.406 e. The Bertz CT molecular complexity index is 355. The topological polar surface area (TPSA) is 21.3 Å². The van der Waals surface area contributed by atoms with Crippen molar-refractivity contribution in [1.29, 1.82) is 0 Å². The van der Waals surface area contributed by atoms with Crippen LogP contribution in [0.1, 0.15) is 12.0 Å². The normalized spacial score (nSPS) is 20.5. The van der Waals surface area contributed by atoms with Crippen LogP contribution in [0.5, 0.6) is 5.75 Å². The van der Waals surface area contributed by atoms with Gasteiger partial charge in [-0.3, -0.25) is 0 Å². The average Bonchev–Trinajstić information content (AvgIpc) is 2.71. The van der Waals surface area contributed by atoms with Crippen LogP contribution in [0.2, 0.25) is 0 Å². The number of benzene rings is 1. The van der Waals surface area contributed by atoms with E-state index in [0.717, 1.165) is 31.5 Å². The van der Waals surface area contributed by atoms with E-state index < -0.39 is 6.36 Å². The Morgan fingerprint density at radius 3 is 2.47 bits per heavy atom. The molecule has 1 saturated heterocycles. The molecule has 2 rings (SSSR count). The molecule has 0 spiro atoms. The molecule has 0 bridgehead atoms. The van der Waals surface area contributed by atoms with Gasteiger partial charge in [-0.2, -0.15) is 0 Å². The van der Waals surface area contributed by atoms with Crippen LogP contribution in [0, 0.1) is 5.92 Å². The van der Waals surface area contributed by atoms with Crippen molar-refractivity contribution < 1.29 is 17.9 Å². The molecule has 0 radical (unpaired) electrons. The Hall–Kier alpha value is -1.23. The molecule has 1 aliphatic heterocycles. The molecule has 1 fully saturated rings. The molecule has 0 saturated carbocycles. The van der Waals surface area contributed by atoms with Gasteiger partial charge in [-0.15, -0.1) is 13.2 Å². The van der Waals surface area contributed by atoms with Gasteiger partial charge in [0.2, 0.25) is 0 Å². The van der Waals surface area contributed by atoms with E-state index in [1.54, 1.807) is 12.1 Å². The van der Waals surface area contributed by atoms with Crippen molar-refractivity contribution >= 4 is 0 Å². The van der Waals surface area contributed by atoms with E-state index in [1.807, 2.05) is 0 Å². The van der Waals surface area contributed by atoms with Crippen molar-refractivity contribution in [3.8, 4) is 5.75 Å². The largest absolute Gasteiger partial charge is 0.573 e. The SMILES string of the molecule is FC(F)(F)Oc1ccc(CC2CCNC2)cc1. The Morgan fingerprint density at radius 2 is 1.94 bits per heavy atom. The van der Waals surface area contributed by atoms with Crippen LogP contribution < -0.4 is 10.1 Å². The first-order valence-electron chi connectivity index (χ1n) is 5.58. The lowest BCUT2D eigenvalue weighted by molar-refractivity contribution is -0.274. The second-order valence-electron chi connectivity index (χ2n) is 4.25. The molecule has 2 nitrogen and oxygen atoms in total. The summed E-state index contributed by atoms with van der Waals surface area (Å²) in [7, 11) is 0. The lowest BCUT2D eigenvalue weighted by atomic mass is 9.99. The molecule has 0 amide bonds. The Kier molecular flexibility index (Phi) is 3.57. The van der Waals surface area contributed by atoms with E-state index in [9.17, 15) is 13.2 Å². The Balaban J connectivity index is 1.93. The maximum atomic E-state index is 11.9. The van der Waals surface area contributed by atoms with Gasteiger partial charge < -0.3 is 10.1 Å². The van der Waals surface area contributed by atoms with Crippen LogP contribution in [0.25, 0.3) is 0 Å². The summed E-state index contributed by atoms with van der Waals surface area (Å²) in [5, 5.41) is 3.26. The minimum atomic E-state index is -4.61. The molecule has 17 heavy (non-hydrogen) atoms. The van der Waals surface area contributed by atoms with E-state index in [0.29, 0.717) is 5.92 Å². The summed E-state index contributed by atoms with van der Waals surface area (Å²) in [5.41, 5.74) is 1.05. The van der Waals surface area contributed by atoms with Gasteiger partial charge in [-0.25, -0.2) is 0 Å². The van der Waals surface area contributed by atoms with Crippen LogP contribution in [0.3, 0.4) is 0 Å². The van der Waals surface area contributed by atoms with Crippen molar-refractivity contribution in [2.24, 2.45) is 5.92 Å². The lowest BCUT2D eigenvalue weighted by Gasteiger charge is -2.11. The summed E-state index contributed by atoms with van der Waals surface area (Å²) < 4.78 is 39.6. The second kappa shape index (κ2) is 4.96. The molecule has 94 valence electrons. The fourth-order valence-electron chi connectivity index (χ4n) is 2.05. The van der Waals surface area contributed by atoms with Crippen LogP contribution in [0.4, 0.5) is 13.2 Å². The van der Waals surface area contributed by atoms with Gasteiger partial charge in [0.25, 0.3) is 0 Å². The van der Waals surface area contributed by atoms with Gasteiger partial charge in [-0.1, -0.05) is 12.1 Å². The summed E-state index contributed by atoms with van der Waals surface area (Å²) in [6.45, 7) is 2.01. The van der Waals surface area contributed by atoms with Crippen molar-refractivity contribution in [3.63, 3.8) is 0 Å². The highest BCUT2D eigenvalue weighted by Crippen LogP contribution is 2.24. The zero-order valence-corrected chi connectivity index (χ0v) is 9.26. The van der Waals surface area contributed by atoms with Gasteiger partial charge in [0.05, 0.1) is 0 Å². The average molecular weight is 245 g/mol. The lowest BCUT2D eigenvalue weighted by Crippen LogP contribution is -2.17. The van der Waals surface area contributed by atoms with Crippen LogP contribution in [-0.2, 0) is 6.42 Å². The van der Waals surface area contributed by atoms with Gasteiger partial charge in [0, 0.05) is 0 Å². The molecular formula is C12H14F3NO. The Morgan fingerprint density at radius 1 is 1.24 bits per heavy atom. The summed E-state index contributed by atoms with van der Waals surface area (Å²) in [5.74, 6) is 0.426. The molecule has 0 aromatic heterocycles. The quantitative estimate of drug-likeness (QED) is 0.884. The monoisotopic (exact) mass is 245 g/mol.